The van der Waals surface area contributed by atoms with Crippen LogP contribution < -0.4 is 15.4 Å². The molecule has 2 aliphatic heterocycles. The summed E-state index contributed by atoms with van der Waals surface area (Å²) in [7, 11) is -3.85. The summed E-state index contributed by atoms with van der Waals surface area (Å²) in [6, 6.07) is 3.65. The Morgan fingerprint density at radius 1 is 1.14 bits per heavy atom. The van der Waals surface area contributed by atoms with E-state index in [1.54, 1.807) is 6.07 Å². The molecule has 6 rings (SSSR count). The monoisotopic (exact) mass is 748 g/mol. The molecule has 1 aromatic heterocycles. The predicted octanol–water partition coefficient (Wildman–Crippen LogP) is 4.37. The van der Waals surface area contributed by atoms with Gasteiger partial charge in [-0.1, -0.05) is 64.8 Å². The number of rotatable bonds is 12. The molecule has 16 heteroatoms. The van der Waals surface area contributed by atoms with Crippen molar-refractivity contribution in [1.82, 2.24) is 24.8 Å². The zero-order chi connectivity index (χ0) is 36.1. The number of hydrogen-bond donors (Lipinski definition) is 3. The second-order valence-electron chi connectivity index (χ2n) is 14.5. The molecule has 1 aromatic carbocycles. The third kappa shape index (κ3) is 7.31. The lowest BCUT2D eigenvalue weighted by Gasteiger charge is -2.31. The normalized spacial score (nSPS) is 25.0. The lowest BCUT2D eigenvalue weighted by Crippen LogP contribution is -2.58. The first-order valence-electron chi connectivity index (χ1n) is 17.3. The minimum Gasteiger partial charge on any atom is -0.444 e. The number of benzene rings is 1. The van der Waals surface area contributed by atoms with Crippen LogP contribution in [0.2, 0.25) is 5.02 Å². The highest BCUT2D eigenvalue weighted by molar-refractivity contribution is 7.91. The molecule has 0 radical (unpaired) electrons. The summed E-state index contributed by atoms with van der Waals surface area (Å²) in [5.74, 6) is -2.01. The highest BCUT2D eigenvalue weighted by atomic mass is 35.5. The number of thiazole rings is 1. The molecule has 2 aromatic rings. The van der Waals surface area contributed by atoms with E-state index in [0.717, 1.165) is 16.8 Å². The van der Waals surface area contributed by atoms with Crippen LogP contribution in [0.3, 0.4) is 0 Å². The molecular formula is C34H45ClN6O7S2. The van der Waals surface area contributed by atoms with Gasteiger partial charge < -0.3 is 20.3 Å². The fourth-order valence-electron chi connectivity index (χ4n) is 6.84. The van der Waals surface area contributed by atoms with E-state index >= 15 is 0 Å². The van der Waals surface area contributed by atoms with Gasteiger partial charge in [0.15, 0.2) is 5.13 Å². The number of nitrogens with zero attached hydrogens (tertiary/aromatic N) is 3. The van der Waals surface area contributed by atoms with E-state index in [1.807, 2.05) is 52.1 Å². The second-order valence-corrected chi connectivity index (χ2v) is 17.8. The highest BCUT2D eigenvalue weighted by Gasteiger charge is 2.62. The molecule has 0 bridgehead atoms. The molecule has 1 unspecified atom stereocenters. The number of aromatic nitrogens is 1. The topological polar surface area (TPSA) is 167 Å². The average Bonchev–Trinajstić information content (AvgIpc) is 3.86. The van der Waals surface area contributed by atoms with Crippen molar-refractivity contribution >= 4 is 61.9 Å². The number of amides is 4. The van der Waals surface area contributed by atoms with Gasteiger partial charge in [0.1, 0.15) is 23.7 Å². The summed E-state index contributed by atoms with van der Waals surface area (Å²) in [5.41, 5.74) is 1.25. The van der Waals surface area contributed by atoms with Gasteiger partial charge in [-0.15, -0.1) is 11.3 Å². The molecule has 3 fully saturated rings. The smallest absolute Gasteiger partial charge is 0.410 e. The van der Waals surface area contributed by atoms with Crippen LogP contribution in [0.5, 0.6) is 0 Å². The van der Waals surface area contributed by atoms with E-state index in [-0.39, 0.29) is 49.6 Å². The molecule has 4 amide bonds. The molecule has 2 aliphatic carbocycles. The van der Waals surface area contributed by atoms with Crippen molar-refractivity contribution in [2.45, 2.75) is 115 Å². The first-order chi connectivity index (χ1) is 23.6. The number of halogens is 1. The molecule has 50 heavy (non-hydrogen) atoms. The van der Waals surface area contributed by atoms with Crippen LogP contribution in [0, 0.1) is 11.8 Å². The lowest BCUT2D eigenvalue weighted by molar-refractivity contribution is -0.140. The number of fused-ring (bicyclic) bond motifs is 1. The van der Waals surface area contributed by atoms with Gasteiger partial charge in [-0.2, -0.15) is 0 Å². The number of ether oxygens (including phenoxy) is 1. The molecule has 0 spiro atoms. The number of likely N-dealkylation sites (tertiary alicyclic amines) is 1. The minimum absolute atomic E-state index is 0.000708. The van der Waals surface area contributed by atoms with Crippen molar-refractivity contribution in [3.05, 3.63) is 45.4 Å². The molecule has 3 N–H and O–H groups in total. The highest BCUT2D eigenvalue weighted by Crippen LogP contribution is 2.47. The maximum Gasteiger partial charge on any atom is 0.410 e. The van der Waals surface area contributed by atoms with Gasteiger partial charge in [-0.3, -0.25) is 24.0 Å². The van der Waals surface area contributed by atoms with E-state index in [4.69, 9.17) is 16.3 Å². The SMILES string of the molecule is CC[C@@H]1C[C@]1(NC(=O)[C@@H]1CC(OC(=O)N2Cc3cccc(Cl)c3C2)CN1C(=O)[C@@H](Nc1nc(C(C)C)cs1)C(C)C)C(=O)NS(=O)(=O)C1CC1. The zero-order valence-corrected chi connectivity index (χ0v) is 31.3. The summed E-state index contributed by atoms with van der Waals surface area (Å²) in [5, 5.41) is 8.59. The summed E-state index contributed by atoms with van der Waals surface area (Å²) in [4.78, 5) is 63.0. The Labute approximate surface area is 301 Å². The third-order valence-corrected chi connectivity index (χ3v) is 13.1. The lowest BCUT2D eigenvalue weighted by atomic mass is 10.0. The van der Waals surface area contributed by atoms with Crippen molar-refractivity contribution in [1.29, 1.82) is 0 Å². The fraction of sp³-hybridized carbons (Fsp3) is 0.618. The van der Waals surface area contributed by atoms with Gasteiger partial charge in [-0.25, -0.2) is 18.2 Å². The van der Waals surface area contributed by atoms with E-state index < -0.39 is 56.9 Å². The number of carbonyl (C=O) groups is 4. The van der Waals surface area contributed by atoms with Gasteiger partial charge >= 0.3 is 6.09 Å². The van der Waals surface area contributed by atoms with Gasteiger partial charge in [-0.05, 0) is 54.2 Å². The maximum atomic E-state index is 14.4. The second kappa shape index (κ2) is 13.9. The standard InChI is InChI=1S/C34H45ClN6O7S2/c1-6-21-13-34(21,31(44)39-50(46,47)23-10-11-23)38-29(42)27-12-22(48-33(45)40-14-20-8-7-9-25(35)24(20)16-40)15-41(27)30(43)28(19(4)5)37-32-36-26(17-49-32)18(2)3/h7-9,17-19,21-23,27-28H,6,10-16H2,1-5H3,(H,36,37)(H,38,42)(H,39,44)/t21-,22?,27+,28+,34-/m1/s1. The Morgan fingerprint density at radius 3 is 2.48 bits per heavy atom. The predicted molar refractivity (Wildman–Crippen MR) is 189 cm³/mol. The maximum absolute atomic E-state index is 14.4. The van der Waals surface area contributed by atoms with Crippen LogP contribution in [0.1, 0.15) is 89.5 Å². The summed E-state index contributed by atoms with van der Waals surface area (Å²) < 4.78 is 33.5. The first kappa shape index (κ1) is 36.4. The number of hydrogen-bond acceptors (Lipinski definition) is 10. The Morgan fingerprint density at radius 2 is 1.88 bits per heavy atom. The van der Waals surface area contributed by atoms with Crippen molar-refractivity contribution in [2.75, 3.05) is 11.9 Å². The number of anilines is 1. The third-order valence-electron chi connectivity index (χ3n) is 10.2. The first-order valence-corrected chi connectivity index (χ1v) is 20.1. The molecule has 2 saturated carbocycles. The van der Waals surface area contributed by atoms with Crippen LogP contribution >= 0.6 is 22.9 Å². The minimum atomic E-state index is -3.85. The Kier molecular flexibility index (Phi) is 10.1. The number of nitrogens with one attached hydrogen (secondary N) is 3. The van der Waals surface area contributed by atoms with Gasteiger partial charge in [0.25, 0.3) is 5.91 Å². The Hall–Kier alpha value is -3.43. The number of carbonyl (C=O) groups excluding carboxylic acids is 4. The van der Waals surface area contributed by atoms with E-state index in [0.29, 0.717) is 36.0 Å². The summed E-state index contributed by atoms with van der Waals surface area (Å²) in [6.07, 6.45) is 0.379. The summed E-state index contributed by atoms with van der Waals surface area (Å²) in [6.45, 7) is 10.3. The van der Waals surface area contributed by atoms with Crippen LogP contribution in [0.25, 0.3) is 0 Å². The van der Waals surface area contributed by atoms with Crippen molar-refractivity contribution < 1.29 is 32.3 Å². The van der Waals surface area contributed by atoms with Crippen molar-refractivity contribution in [3.63, 3.8) is 0 Å². The fourth-order valence-corrected chi connectivity index (χ4v) is 9.37. The Balaban J connectivity index is 1.22. The zero-order valence-electron chi connectivity index (χ0n) is 28.9. The summed E-state index contributed by atoms with van der Waals surface area (Å²) >= 11 is 7.76. The molecule has 13 nitrogen and oxygen atoms in total. The van der Waals surface area contributed by atoms with Crippen molar-refractivity contribution in [3.8, 4) is 0 Å². The van der Waals surface area contributed by atoms with Crippen LogP contribution in [-0.4, -0.2) is 82.5 Å². The van der Waals surface area contributed by atoms with Crippen LogP contribution in [0.15, 0.2) is 23.6 Å². The molecule has 1 saturated heterocycles. The van der Waals surface area contributed by atoms with E-state index in [9.17, 15) is 27.6 Å². The largest absolute Gasteiger partial charge is 0.444 e. The van der Waals surface area contributed by atoms with Crippen LogP contribution in [0.4, 0.5) is 9.93 Å². The number of sulfonamides is 1. The van der Waals surface area contributed by atoms with Crippen LogP contribution in [-0.2, 0) is 42.2 Å². The molecule has 272 valence electrons. The molecular weight excluding hydrogens is 704 g/mol. The van der Waals surface area contributed by atoms with E-state index in [2.05, 4.69) is 20.3 Å². The molecule has 4 aliphatic rings. The molecule has 5 atom stereocenters. The average molecular weight is 749 g/mol. The Bertz CT molecular complexity index is 1780. The van der Waals surface area contributed by atoms with Crippen molar-refractivity contribution in [2.24, 2.45) is 11.8 Å². The van der Waals surface area contributed by atoms with E-state index in [1.165, 1.54) is 21.1 Å². The van der Waals surface area contributed by atoms with Gasteiger partial charge in [0, 0.05) is 23.4 Å². The van der Waals surface area contributed by atoms with Gasteiger partial charge in [0.05, 0.1) is 24.0 Å². The quantitative estimate of drug-likeness (QED) is 0.286. The molecule has 3 heterocycles. The van der Waals surface area contributed by atoms with Gasteiger partial charge in [0.2, 0.25) is 21.8 Å².